The maximum absolute atomic E-state index is 11.8. The molecule has 0 unspecified atom stereocenters. The van der Waals surface area contributed by atoms with Gasteiger partial charge in [0.25, 0.3) is 0 Å². The average molecular weight is 293 g/mol. The molecule has 0 fully saturated rings. The SMILES string of the molecule is CCCCCCCCCCCC(=O)Nc1[nH]ncc1CC. The molecule has 1 heterocycles. The molecule has 0 aromatic carbocycles. The predicted molar refractivity (Wildman–Crippen MR) is 88.4 cm³/mol. The second-order valence-corrected chi connectivity index (χ2v) is 5.75. The first-order valence-electron chi connectivity index (χ1n) is 8.60. The number of anilines is 1. The number of nitrogens with zero attached hydrogens (tertiary/aromatic N) is 1. The highest BCUT2D eigenvalue weighted by Gasteiger charge is 2.07. The van der Waals surface area contributed by atoms with Gasteiger partial charge >= 0.3 is 0 Å². The molecule has 0 saturated carbocycles. The summed E-state index contributed by atoms with van der Waals surface area (Å²) in [6, 6.07) is 0. The molecular weight excluding hydrogens is 262 g/mol. The normalized spacial score (nSPS) is 10.8. The van der Waals surface area contributed by atoms with Gasteiger partial charge in [-0.25, -0.2) is 0 Å². The lowest BCUT2D eigenvalue weighted by Gasteiger charge is -2.05. The van der Waals surface area contributed by atoms with Crippen LogP contribution in [0.1, 0.15) is 83.6 Å². The fraction of sp³-hybridized carbons (Fsp3) is 0.765. The molecule has 0 atom stereocenters. The molecule has 0 radical (unpaired) electrons. The van der Waals surface area contributed by atoms with E-state index in [1.165, 1.54) is 44.9 Å². The van der Waals surface area contributed by atoms with Gasteiger partial charge in [0.05, 0.1) is 6.20 Å². The van der Waals surface area contributed by atoms with Crippen LogP contribution in [0.25, 0.3) is 0 Å². The van der Waals surface area contributed by atoms with Crippen molar-refractivity contribution in [1.82, 2.24) is 10.2 Å². The monoisotopic (exact) mass is 293 g/mol. The third-order valence-corrected chi connectivity index (χ3v) is 3.87. The van der Waals surface area contributed by atoms with Gasteiger partial charge in [-0.1, -0.05) is 65.2 Å². The summed E-state index contributed by atoms with van der Waals surface area (Å²) in [5.74, 6) is 0.857. The molecule has 2 N–H and O–H groups in total. The van der Waals surface area contributed by atoms with Crippen molar-refractivity contribution in [3.05, 3.63) is 11.8 Å². The number of hydrogen-bond donors (Lipinski definition) is 2. The topological polar surface area (TPSA) is 57.8 Å². The molecule has 0 aliphatic rings. The number of carbonyl (C=O) groups excluding carboxylic acids is 1. The molecule has 0 aliphatic carbocycles. The van der Waals surface area contributed by atoms with Crippen molar-refractivity contribution in [2.45, 2.75) is 84.5 Å². The highest BCUT2D eigenvalue weighted by atomic mass is 16.1. The first-order chi connectivity index (χ1) is 10.3. The number of aryl methyl sites for hydroxylation is 1. The number of carbonyl (C=O) groups is 1. The predicted octanol–water partition coefficient (Wildman–Crippen LogP) is 4.83. The van der Waals surface area contributed by atoms with Gasteiger partial charge in [-0.05, 0) is 12.8 Å². The minimum atomic E-state index is 0.0943. The van der Waals surface area contributed by atoms with Crippen molar-refractivity contribution in [3.8, 4) is 0 Å². The molecule has 0 bridgehead atoms. The van der Waals surface area contributed by atoms with Gasteiger partial charge in [-0.3, -0.25) is 9.89 Å². The average Bonchev–Trinajstić information content (AvgIpc) is 2.92. The molecule has 4 nitrogen and oxygen atoms in total. The van der Waals surface area contributed by atoms with Crippen LogP contribution in [0.3, 0.4) is 0 Å². The molecule has 1 rings (SSSR count). The van der Waals surface area contributed by atoms with E-state index in [4.69, 9.17) is 0 Å². The van der Waals surface area contributed by atoms with E-state index in [0.717, 1.165) is 30.6 Å². The number of H-pyrrole nitrogens is 1. The minimum absolute atomic E-state index is 0.0943. The molecule has 21 heavy (non-hydrogen) atoms. The molecule has 0 saturated heterocycles. The summed E-state index contributed by atoms with van der Waals surface area (Å²) >= 11 is 0. The summed E-state index contributed by atoms with van der Waals surface area (Å²) < 4.78 is 0. The zero-order valence-electron chi connectivity index (χ0n) is 13.7. The van der Waals surface area contributed by atoms with Crippen molar-refractivity contribution < 1.29 is 4.79 Å². The second-order valence-electron chi connectivity index (χ2n) is 5.75. The number of rotatable bonds is 12. The fourth-order valence-corrected chi connectivity index (χ4v) is 2.49. The summed E-state index contributed by atoms with van der Waals surface area (Å²) in [5.41, 5.74) is 1.07. The summed E-state index contributed by atoms with van der Waals surface area (Å²) in [4.78, 5) is 11.8. The zero-order chi connectivity index (χ0) is 15.3. The van der Waals surface area contributed by atoms with Crippen LogP contribution in [0.15, 0.2) is 6.20 Å². The number of aromatic nitrogens is 2. The molecule has 1 amide bonds. The van der Waals surface area contributed by atoms with Crippen molar-refractivity contribution in [2.24, 2.45) is 0 Å². The van der Waals surface area contributed by atoms with Crippen LogP contribution >= 0.6 is 0 Å². The van der Waals surface area contributed by atoms with E-state index in [1.807, 2.05) is 0 Å². The third kappa shape index (κ3) is 7.88. The van der Waals surface area contributed by atoms with E-state index < -0.39 is 0 Å². The maximum atomic E-state index is 11.8. The second kappa shape index (κ2) is 11.4. The Balaban J connectivity index is 1.99. The Kier molecular flexibility index (Phi) is 9.58. The smallest absolute Gasteiger partial charge is 0.225 e. The first kappa shape index (κ1) is 17.7. The van der Waals surface area contributed by atoms with E-state index in [-0.39, 0.29) is 5.91 Å². The fourth-order valence-electron chi connectivity index (χ4n) is 2.49. The molecule has 0 aliphatic heterocycles. The van der Waals surface area contributed by atoms with Crippen LogP contribution in [0.2, 0.25) is 0 Å². The number of unbranched alkanes of at least 4 members (excludes halogenated alkanes) is 8. The van der Waals surface area contributed by atoms with E-state index in [9.17, 15) is 4.79 Å². The Morgan fingerprint density at radius 3 is 2.29 bits per heavy atom. The molecule has 4 heteroatoms. The van der Waals surface area contributed by atoms with Crippen molar-refractivity contribution >= 4 is 11.7 Å². The van der Waals surface area contributed by atoms with Gasteiger partial charge < -0.3 is 5.32 Å². The standard InChI is InChI=1S/C17H31N3O/c1-3-5-6-7-8-9-10-11-12-13-16(21)19-17-15(4-2)14-18-20-17/h14H,3-13H2,1-2H3,(H2,18,19,20,21). The Morgan fingerprint density at radius 1 is 1.05 bits per heavy atom. The lowest BCUT2D eigenvalue weighted by Crippen LogP contribution is -2.12. The van der Waals surface area contributed by atoms with Crippen LogP contribution in [0.5, 0.6) is 0 Å². The highest BCUT2D eigenvalue weighted by Crippen LogP contribution is 2.13. The van der Waals surface area contributed by atoms with Crippen LogP contribution in [0, 0.1) is 0 Å². The first-order valence-corrected chi connectivity index (χ1v) is 8.60. The Labute approximate surface area is 129 Å². The summed E-state index contributed by atoms with van der Waals surface area (Å²) in [6.07, 6.45) is 14.7. The lowest BCUT2D eigenvalue weighted by molar-refractivity contribution is -0.116. The molecule has 120 valence electrons. The molecule has 1 aromatic heterocycles. The van der Waals surface area contributed by atoms with Crippen molar-refractivity contribution in [2.75, 3.05) is 5.32 Å². The van der Waals surface area contributed by atoms with Crippen molar-refractivity contribution in [1.29, 1.82) is 0 Å². The molecule has 1 aromatic rings. The molecule has 0 spiro atoms. The maximum Gasteiger partial charge on any atom is 0.225 e. The zero-order valence-corrected chi connectivity index (χ0v) is 13.7. The van der Waals surface area contributed by atoms with Crippen LogP contribution in [-0.2, 0) is 11.2 Å². The van der Waals surface area contributed by atoms with Gasteiger partial charge in [0.1, 0.15) is 5.82 Å². The van der Waals surface area contributed by atoms with Crippen LogP contribution in [0.4, 0.5) is 5.82 Å². The van der Waals surface area contributed by atoms with Crippen LogP contribution in [-0.4, -0.2) is 16.1 Å². The number of nitrogens with one attached hydrogen (secondary N) is 2. The van der Waals surface area contributed by atoms with Gasteiger partial charge in [-0.15, -0.1) is 0 Å². The summed E-state index contributed by atoms with van der Waals surface area (Å²) in [5, 5.41) is 9.71. The molecular formula is C17H31N3O. The third-order valence-electron chi connectivity index (χ3n) is 3.87. The number of amides is 1. The quantitative estimate of drug-likeness (QED) is 0.542. The van der Waals surface area contributed by atoms with Gasteiger partial charge in [-0.2, -0.15) is 5.10 Å². The summed E-state index contributed by atoms with van der Waals surface area (Å²) in [6.45, 7) is 4.30. The Hall–Kier alpha value is -1.32. The van der Waals surface area contributed by atoms with Crippen molar-refractivity contribution in [3.63, 3.8) is 0 Å². The van der Waals surface area contributed by atoms with E-state index >= 15 is 0 Å². The minimum Gasteiger partial charge on any atom is -0.311 e. The Bertz CT molecular complexity index is 387. The number of aromatic amines is 1. The largest absolute Gasteiger partial charge is 0.311 e. The Morgan fingerprint density at radius 2 is 1.67 bits per heavy atom. The van der Waals surface area contributed by atoms with Gasteiger partial charge in [0, 0.05) is 12.0 Å². The highest BCUT2D eigenvalue weighted by molar-refractivity contribution is 5.90. The van der Waals surface area contributed by atoms with Gasteiger partial charge in [0.2, 0.25) is 5.91 Å². The summed E-state index contributed by atoms with van der Waals surface area (Å²) in [7, 11) is 0. The number of hydrogen-bond acceptors (Lipinski definition) is 2. The van der Waals surface area contributed by atoms with E-state index in [2.05, 4.69) is 29.4 Å². The van der Waals surface area contributed by atoms with E-state index in [0.29, 0.717) is 6.42 Å². The van der Waals surface area contributed by atoms with Gasteiger partial charge in [0.15, 0.2) is 0 Å². The van der Waals surface area contributed by atoms with Crippen LogP contribution < -0.4 is 5.32 Å². The lowest BCUT2D eigenvalue weighted by atomic mass is 10.1. The van der Waals surface area contributed by atoms with E-state index in [1.54, 1.807) is 6.20 Å².